The van der Waals surface area contributed by atoms with E-state index >= 15 is 0 Å². The van der Waals surface area contributed by atoms with Crippen molar-refractivity contribution < 1.29 is 0 Å². The van der Waals surface area contributed by atoms with Gasteiger partial charge in [-0.2, -0.15) is 0 Å². The summed E-state index contributed by atoms with van der Waals surface area (Å²) >= 11 is 0. The molecule has 1 heteroatoms. The lowest BCUT2D eigenvalue weighted by molar-refractivity contribution is 0.216. The minimum Gasteiger partial charge on any atom is -0.317 e. The van der Waals surface area contributed by atoms with Crippen LogP contribution in [0.2, 0.25) is 0 Å². The zero-order chi connectivity index (χ0) is 9.43. The summed E-state index contributed by atoms with van der Waals surface area (Å²) in [6, 6.07) is 8.98. The molecule has 0 saturated carbocycles. The van der Waals surface area contributed by atoms with Crippen LogP contribution in [0.4, 0.5) is 0 Å². The topological polar surface area (TPSA) is 12.0 Å². The summed E-state index contributed by atoms with van der Waals surface area (Å²) in [5.74, 6) is 0. The molecule has 0 atom stereocenters. The number of hydrogen-bond acceptors (Lipinski definition) is 1. The highest BCUT2D eigenvalue weighted by molar-refractivity contribution is 5.34. The molecule has 0 unspecified atom stereocenters. The van der Waals surface area contributed by atoms with Crippen LogP contribution in [0, 0.1) is 5.41 Å². The second-order valence-electron chi connectivity index (χ2n) is 4.87. The van der Waals surface area contributed by atoms with Crippen molar-refractivity contribution in [2.45, 2.75) is 25.7 Å². The standard InChI is InChI=1S/C13H17N/c1-2-4-12-10-13(9-11(12)3-1)5-7-14-8-6-13/h1-4,14H,5-10H2. The van der Waals surface area contributed by atoms with Gasteiger partial charge in [-0.25, -0.2) is 0 Å². The normalized spacial score (nSPS) is 23.7. The Bertz CT molecular complexity index is 310. The lowest BCUT2D eigenvalue weighted by atomic mass is 9.76. The van der Waals surface area contributed by atoms with Crippen molar-refractivity contribution in [1.29, 1.82) is 0 Å². The SMILES string of the molecule is c1ccc2c(c1)CC1(CCNCC1)C2. The second kappa shape index (κ2) is 3.09. The predicted molar refractivity (Wildman–Crippen MR) is 58.4 cm³/mol. The van der Waals surface area contributed by atoms with Crippen molar-refractivity contribution in [2.75, 3.05) is 13.1 Å². The van der Waals surface area contributed by atoms with E-state index in [4.69, 9.17) is 0 Å². The molecule has 1 heterocycles. The van der Waals surface area contributed by atoms with Crippen molar-refractivity contribution in [2.24, 2.45) is 5.41 Å². The van der Waals surface area contributed by atoms with Gasteiger partial charge in [0.1, 0.15) is 0 Å². The van der Waals surface area contributed by atoms with Crippen LogP contribution in [-0.2, 0) is 12.8 Å². The summed E-state index contributed by atoms with van der Waals surface area (Å²) in [4.78, 5) is 0. The zero-order valence-electron chi connectivity index (χ0n) is 8.55. The Morgan fingerprint density at radius 3 is 2.07 bits per heavy atom. The molecular formula is C13H17N. The largest absolute Gasteiger partial charge is 0.317 e. The average molecular weight is 187 g/mol. The molecule has 2 aliphatic rings. The van der Waals surface area contributed by atoms with Crippen LogP contribution in [0.15, 0.2) is 24.3 Å². The van der Waals surface area contributed by atoms with Crippen molar-refractivity contribution in [1.82, 2.24) is 5.32 Å². The lowest BCUT2D eigenvalue weighted by Crippen LogP contribution is -2.37. The highest BCUT2D eigenvalue weighted by Gasteiger charge is 2.37. The van der Waals surface area contributed by atoms with Crippen LogP contribution >= 0.6 is 0 Å². The Balaban J connectivity index is 1.89. The Labute approximate surface area is 85.5 Å². The number of fused-ring (bicyclic) bond motifs is 1. The smallest absolute Gasteiger partial charge is 0.00434 e. The molecule has 0 bridgehead atoms. The molecule has 1 aromatic rings. The molecule has 74 valence electrons. The fraction of sp³-hybridized carbons (Fsp3) is 0.538. The molecule has 0 amide bonds. The van der Waals surface area contributed by atoms with Gasteiger partial charge in [0.25, 0.3) is 0 Å². The first kappa shape index (κ1) is 8.49. The van der Waals surface area contributed by atoms with Gasteiger partial charge in [0.15, 0.2) is 0 Å². The highest BCUT2D eigenvalue weighted by Crippen LogP contribution is 2.42. The van der Waals surface area contributed by atoms with Gasteiger partial charge >= 0.3 is 0 Å². The predicted octanol–water partition coefficient (Wildman–Crippen LogP) is 2.16. The van der Waals surface area contributed by atoms with E-state index in [1.807, 2.05) is 0 Å². The fourth-order valence-corrected chi connectivity index (χ4v) is 3.08. The van der Waals surface area contributed by atoms with Gasteiger partial charge in [-0.1, -0.05) is 24.3 Å². The van der Waals surface area contributed by atoms with Crippen molar-refractivity contribution in [3.8, 4) is 0 Å². The first-order valence-corrected chi connectivity index (χ1v) is 5.66. The molecule has 1 aliphatic heterocycles. The zero-order valence-corrected chi connectivity index (χ0v) is 8.55. The first-order valence-electron chi connectivity index (χ1n) is 5.66. The molecule has 1 N–H and O–H groups in total. The third-order valence-corrected chi connectivity index (χ3v) is 3.91. The Hall–Kier alpha value is -0.820. The van der Waals surface area contributed by atoms with Gasteiger partial charge in [-0.15, -0.1) is 0 Å². The molecule has 14 heavy (non-hydrogen) atoms. The van der Waals surface area contributed by atoms with Crippen LogP contribution in [0.1, 0.15) is 24.0 Å². The maximum Gasteiger partial charge on any atom is -0.00434 e. The Kier molecular flexibility index (Phi) is 1.88. The van der Waals surface area contributed by atoms with Crippen molar-refractivity contribution >= 4 is 0 Å². The summed E-state index contributed by atoms with van der Waals surface area (Å²) in [6.45, 7) is 2.43. The van der Waals surface area contributed by atoms with E-state index < -0.39 is 0 Å². The number of benzene rings is 1. The van der Waals surface area contributed by atoms with Crippen LogP contribution < -0.4 is 5.32 Å². The minimum absolute atomic E-state index is 0.620. The maximum atomic E-state index is 3.46. The molecular weight excluding hydrogens is 170 g/mol. The van der Waals surface area contributed by atoms with E-state index in [1.54, 1.807) is 11.1 Å². The van der Waals surface area contributed by atoms with Gasteiger partial charge in [0, 0.05) is 0 Å². The van der Waals surface area contributed by atoms with E-state index in [2.05, 4.69) is 29.6 Å². The Morgan fingerprint density at radius 2 is 1.50 bits per heavy atom. The summed E-state index contributed by atoms with van der Waals surface area (Å²) in [6.07, 6.45) is 5.37. The van der Waals surface area contributed by atoms with E-state index in [1.165, 1.54) is 38.8 Å². The first-order chi connectivity index (χ1) is 6.88. The number of hydrogen-bond donors (Lipinski definition) is 1. The highest BCUT2D eigenvalue weighted by atomic mass is 14.9. The molecule has 1 nitrogen and oxygen atoms in total. The van der Waals surface area contributed by atoms with Crippen molar-refractivity contribution in [3.05, 3.63) is 35.4 Å². The number of nitrogens with one attached hydrogen (secondary N) is 1. The number of rotatable bonds is 0. The maximum absolute atomic E-state index is 3.46. The monoisotopic (exact) mass is 187 g/mol. The third kappa shape index (κ3) is 1.27. The third-order valence-electron chi connectivity index (χ3n) is 3.91. The van der Waals surface area contributed by atoms with Crippen LogP contribution in [-0.4, -0.2) is 13.1 Å². The van der Waals surface area contributed by atoms with Crippen LogP contribution in [0.3, 0.4) is 0 Å². The molecule has 0 aromatic heterocycles. The van der Waals surface area contributed by atoms with Crippen LogP contribution in [0.25, 0.3) is 0 Å². The lowest BCUT2D eigenvalue weighted by Gasteiger charge is -2.33. The molecule has 1 spiro atoms. The molecule has 1 aliphatic carbocycles. The van der Waals surface area contributed by atoms with E-state index in [0.29, 0.717) is 5.41 Å². The van der Waals surface area contributed by atoms with E-state index in [-0.39, 0.29) is 0 Å². The molecule has 1 aromatic carbocycles. The molecule has 0 radical (unpaired) electrons. The summed E-state index contributed by atoms with van der Waals surface area (Å²) < 4.78 is 0. The summed E-state index contributed by atoms with van der Waals surface area (Å²) in [7, 11) is 0. The second-order valence-corrected chi connectivity index (χ2v) is 4.87. The fourth-order valence-electron chi connectivity index (χ4n) is 3.08. The van der Waals surface area contributed by atoms with E-state index in [0.717, 1.165) is 0 Å². The average Bonchev–Trinajstić information content (AvgIpc) is 2.56. The summed E-state index contributed by atoms with van der Waals surface area (Å²) in [5, 5.41) is 3.46. The van der Waals surface area contributed by atoms with Gasteiger partial charge in [0.05, 0.1) is 0 Å². The molecule has 3 rings (SSSR count). The number of piperidine rings is 1. The van der Waals surface area contributed by atoms with E-state index in [9.17, 15) is 0 Å². The van der Waals surface area contributed by atoms with Gasteiger partial charge in [0.2, 0.25) is 0 Å². The Morgan fingerprint density at radius 1 is 0.929 bits per heavy atom. The minimum atomic E-state index is 0.620. The molecule has 1 saturated heterocycles. The molecule has 1 fully saturated rings. The van der Waals surface area contributed by atoms with Crippen molar-refractivity contribution in [3.63, 3.8) is 0 Å². The van der Waals surface area contributed by atoms with Gasteiger partial charge in [-0.05, 0) is 55.3 Å². The quantitative estimate of drug-likeness (QED) is 0.656. The van der Waals surface area contributed by atoms with Crippen LogP contribution in [0.5, 0.6) is 0 Å². The van der Waals surface area contributed by atoms with Gasteiger partial charge in [-0.3, -0.25) is 0 Å². The van der Waals surface area contributed by atoms with Gasteiger partial charge < -0.3 is 5.32 Å². The summed E-state index contributed by atoms with van der Waals surface area (Å²) in [5.41, 5.74) is 3.83.